The molecular weight excluding hydrogens is 316 g/mol. The van der Waals surface area contributed by atoms with Crippen LogP contribution in [0.4, 0.5) is 0 Å². The minimum absolute atomic E-state index is 0.349. The molecule has 0 saturated carbocycles. The van der Waals surface area contributed by atoms with E-state index in [9.17, 15) is 9.59 Å². The summed E-state index contributed by atoms with van der Waals surface area (Å²) in [6, 6.07) is 3.68. The monoisotopic (exact) mass is 332 g/mol. The Balaban J connectivity index is 1.78. The van der Waals surface area contributed by atoms with Crippen molar-refractivity contribution in [1.29, 1.82) is 0 Å². The van der Waals surface area contributed by atoms with Gasteiger partial charge in [-0.3, -0.25) is 14.6 Å². The Morgan fingerprint density at radius 3 is 2.74 bits per heavy atom. The Kier molecular flexibility index (Phi) is 4.35. The molecule has 7 nitrogen and oxygen atoms in total. The fraction of sp³-hybridized carbons (Fsp3) is 0.333. The minimum Gasteiger partial charge on any atom is -0.381 e. The SMILES string of the molecule is NC(=O)C1(NC(=O)c2cnc(-c3cccnc3)s2)CCOCC1. The Morgan fingerprint density at radius 1 is 1.30 bits per heavy atom. The van der Waals surface area contributed by atoms with Crippen molar-refractivity contribution in [3.63, 3.8) is 0 Å². The smallest absolute Gasteiger partial charge is 0.263 e. The molecule has 3 heterocycles. The molecule has 1 saturated heterocycles. The van der Waals surface area contributed by atoms with Gasteiger partial charge >= 0.3 is 0 Å². The second-order valence-corrected chi connectivity index (χ2v) is 6.31. The van der Waals surface area contributed by atoms with E-state index in [1.54, 1.807) is 18.5 Å². The fourth-order valence-corrected chi connectivity index (χ4v) is 3.24. The molecule has 1 fully saturated rings. The Morgan fingerprint density at radius 2 is 2.09 bits per heavy atom. The van der Waals surface area contributed by atoms with E-state index in [1.165, 1.54) is 17.5 Å². The number of carbonyl (C=O) groups is 2. The highest BCUT2D eigenvalue weighted by molar-refractivity contribution is 7.16. The highest BCUT2D eigenvalue weighted by Gasteiger charge is 2.40. The lowest BCUT2D eigenvalue weighted by molar-refractivity contribution is -0.127. The van der Waals surface area contributed by atoms with Crippen molar-refractivity contribution in [3.05, 3.63) is 35.6 Å². The number of rotatable bonds is 4. The van der Waals surface area contributed by atoms with E-state index in [0.717, 1.165) is 5.56 Å². The quantitative estimate of drug-likeness (QED) is 0.867. The summed E-state index contributed by atoms with van der Waals surface area (Å²) >= 11 is 1.25. The molecule has 0 atom stereocenters. The minimum atomic E-state index is -1.05. The summed E-state index contributed by atoms with van der Waals surface area (Å²) in [6.07, 6.45) is 5.61. The maximum atomic E-state index is 12.5. The first-order valence-electron chi connectivity index (χ1n) is 7.17. The Labute approximate surface area is 136 Å². The number of amides is 2. The van der Waals surface area contributed by atoms with Crippen molar-refractivity contribution in [2.45, 2.75) is 18.4 Å². The summed E-state index contributed by atoms with van der Waals surface area (Å²) in [5, 5.41) is 3.47. The van der Waals surface area contributed by atoms with Gasteiger partial charge in [0, 0.05) is 44.0 Å². The molecule has 0 unspecified atom stereocenters. The van der Waals surface area contributed by atoms with Crippen molar-refractivity contribution >= 4 is 23.2 Å². The third-order valence-electron chi connectivity index (χ3n) is 3.81. The molecule has 1 aliphatic heterocycles. The number of nitrogens with one attached hydrogen (secondary N) is 1. The van der Waals surface area contributed by atoms with E-state index in [-0.39, 0.29) is 5.91 Å². The average molecular weight is 332 g/mol. The highest BCUT2D eigenvalue weighted by atomic mass is 32.1. The zero-order chi connectivity index (χ0) is 16.3. The highest BCUT2D eigenvalue weighted by Crippen LogP contribution is 2.26. The summed E-state index contributed by atoms with van der Waals surface area (Å²) in [5.41, 5.74) is 5.29. The number of thiazole rings is 1. The van der Waals surface area contributed by atoms with Gasteiger partial charge in [0.05, 0.1) is 6.20 Å². The van der Waals surface area contributed by atoms with Gasteiger partial charge in [-0.25, -0.2) is 4.98 Å². The number of nitrogens with two attached hydrogens (primary N) is 1. The molecule has 0 aliphatic carbocycles. The van der Waals surface area contributed by atoms with Gasteiger partial charge in [0.15, 0.2) is 0 Å². The molecule has 2 aromatic heterocycles. The van der Waals surface area contributed by atoms with Gasteiger partial charge < -0.3 is 15.8 Å². The number of ether oxygens (including phenoxy) is 1. The van der Waals surface area contributed by atoms with Gasteiger partial charge in [-0.15, -0.1) is 11.3 Å². The molecule has 0 aromatic carbocycles. The predicted molar refractivity (Wildman–Crippen MR) is 84.8 cm³/mol. The second kappa shape index (κ2) is 6.43. The lowest BCUT2D eigenvalue weighted by Gasteiger charge is -2.34. The molecule has 0 spiro atoms. The van der Waals surface area contributed by atoms with E-state index in [0.29, 0.717) is 35.9 Å². The first-order chi connectivity index (χ1) is 11.1. The Hall–Kier alpha value is -2.32. The standard InChI is InChI=1S/C15H16N4O3S/c16-14(21)15(3-6-22-7-4-15)19-12(20)11-9-18-13(23-11)10-2-1-5-17-8-10/h1-2,5,8-9H,3-4,6-7H2,(H2,16,21)(H,19,20). The first-order valence-corrected chi connectivity index (χ1v) is 7.99. The van der Waals surface area contributed by atoms with Crippen LogP contribution < -0.4 is 11.1 Å². The third-order valence-corrected chi connectivity index (χ3v) is 4.85. The van der Waals surface area contributed by atoms with Gasteiger partial charge in [-0.1, -0.05) is 0 Å². The summed E-state index contributed by atoms with van der Waals surface area (Å²) < 4.78 is 5.25. The predicted octanol–water partition coefficient (Wildman–Crippen LogP) is 0.969. The molecule has 3 N–H and O–H groups in total. The van der Waals surface area contributed by atoms with Crippen LogP contribution in [0.5, 0.6) is 0 Å². The van der Waals surface area contributed by atoms with Crippen LogP contribution in [0.25, 0.3) is 10.6 Å². The Bertz CT molecular complexity index is 711. The van der Waals surface area contributed by atoms with Crippen LogP contribution in [0.2, 0.25) is 0 Å². The largest absolute Gasteiger partial charge is 0.381 e. The number of hydrogen-bond acceptors (Lipinski definition) is 6. The van der Waals surface area contributed by atoms with Crippen LogP contribution in [0.15, 0.2) is 30.7 Å². The molecule has 2 amide bonds. The normalized spacial score (nSPS) is 16.7. The summed E-state index contributed by atoms with van der Waals surface area (Å²) in [5.74, 6) is -0.885. The van der Waals surface area contributed by atoms with E-state index in [2.05, 4.69) is 15.3 Å². The molecular formula is C15H16N4O3S. The fourth-order valence-electron chi connectivity index (χ4n) is 2.43. The molecule has 0 bridgehead atoms. The van der Waals surface area contributed by atoms with Crippen LogP contribution in [0.1, 0.15) is 22.5 Å². The van der Waals surface area contributed by atoms with Gasteiger partial charge in [0.1, 0.15) is 15.4 Å². The van der Waals surface area contributed by atoms with Crippen molar-refractivity contribution < 1.29 is 14.3 Å². The van der Waals surface area contributed by atoms with Crippen molar-refractivity contribution in [1.82, 2.24) is 15.3 Å². The van der Waals surface area contributed by atoms with E-state index < -0.39 is 11.4 Å². The number of nitrogens with zero attached hydrogens (tertiary/aromatic N) is 2. The van der Waals surface area contributed by atoms with Gasteiger partial charge in [0.2, 0.25) is 5.91 Å². The number of primary amides is 1. The number of aromatic nitrogens is 2. The topological polar surface area (TPSA) is 107 Å². The molecule has 23 heavy (non-hydrogen) atoms. The molecule has 2 aromatic rings. The zero-order valence-corrected chi connectivity index (χ0v) is 13.1. The van der Waals surface area contributed by atoms with Crippen LogP contribution in [-0.2, 0) is 9.53 Å². The van der Waals surface area contributed by atoms with Crippen LogP contribution in [-0.4, -0.2) is 40.5 Å². The molecule has 120 valence electrons. The lowest BCUT2D eigenvalue weighted by atomic mass is 9.89. The maximum absolute atomic E-state index is 12.5. The third kappa shape index (κ3) is 3.22. The zero-order valence-electron chi connectivity index (χ0n) is 12.3. The lowest BCUT2D eigenvalue weighted by Crippen LogP contribution is -2.60. The van der Waals surface area contributed by atoms with E-state index in [4.69, 9.17) is 10.5 Å². The van der Waals surface area contributed by atoms with Crippen molar-refractivity contribution in [3.8, 4) is 10.6 Å². The van der Waals surface area contributed by atoms with Crippen LogP contribution in [0.3, 0.4) is 0 Å². The van der Waals surface area contributed by atoms with E-state index in [1.807, 2.05) is 6.07 Å². The van der Waals surface area contributed by atoms with Gasteiger partial charge in [-0.05, 0) is 12.1 Å². The van der Waals surface area contributed by atoms with Crippen molar-refractivity contribution in [2.24, 2.45) is 5.73 Å². The second-order valence-electron chi connectivity index (χ2n) is 5.28. The summed E-state index contributed by atoms with van der Waals surface area (Å²) in [7, 11) is 0. The van der Waals surface area contributed by atoms with Gasteiger partial charge in [-0.2, -0.15) is 0 Å². The molecule has 8 heteroatoms. The summed E-state index contributed by atoms with van der Waals surface area (Å²) in [6.45, 7) is 0.791. The summed E-state index contributed by atoms with van der Waals surface area (Å²) in [4.78, 5) is 33.0. The number of hydrogen-bond donors (Lipinski definition) is 2. The molecule has 3 rings (SSSR count). The molecule has 0 radical (unpaired) electrons. The average Bonchev–Trinajstić information content (AvgIpc) is 3.06. The first kappa shape index (κ1) is 15.6. The number of carbonyl (C=O) groups excluding carboxylic acids is 2. The number of pyridine rings is 1. The van der Waals surface area contributed by atoms with E-state index >= 15 is 0 Å². The molecule has 1 aliphatic rings. The van der Waals surface area contributed by atoms with Gasteiger partial charge in [0.25, 0.3) is 5.91 Å². The van der Waals surface area contributed by atoms with Crippen LogP contribution >= 0.6 is 11.3 Å². The maximum Gasteiger partial charge on any atom is 0.263 e. The van der Waals surface area contributed by atoms with Crippen LogP contribution in [0, 0.1) is 0 Å². The van der Waals surface area contributed by atoms with Crippen molar-refractivity contribution in [2.75, 3.05) is 13.2 Å².